The monoisotopic (exact) mass is 595 g/mol. The number of hydrogen-bond acceptors (Lipinski definition) is 5. The second-order valence-electron chi connectivity index (χ2n) is 11.2. The van der Waals surface area contributed by atoms with E-state index in [1.165, 1.54) is 31.3 Å². The Labute approximate surface area is 263 Å². The summed E-state index contributed by atoms with van der Waals surface area (Å²) in [4.78, 5) is 14.8. The smallest absolute Gasteiger partial charge is 0.163 e. The van der Waals surface area contributed by atoms with Crippen molar-refractivity contribution in [3.05, 3.63) is 151 Å². The van der Waals surface area contributed by atoms with Crippen LogP contribution in [0.1, 0.15) is 11.4 Å². The summed E-state index contributed by atoms with van der Waals surface area (Å²) in [6.45, 7) is 0. The van der Waals surface area contributed by atoms with Crippen LogP contribution in [0.4, 0.5) is 0 Å². The molecule has 212 valence electrons. The molecular weight excluding hydrogens is 571 g/mol. The summed E-state index contributed by atoms with van der Waals surface area (Å²) in [5.74, 6) is 2.06. The summed E-state index contributed by atoms with van der Waals surface area (Å²) in [5.41, 5.74) is 7.19. The molecule has 45 heavy (non-hydrogen) atoms. The predicted octanol–water partition coefficient (Wildman–Crippen LogP) is 10.7. The molecule has 5 heteroatoms. The van der Waals surface area contributed by atoms with Gasteiger partial charge in [0.05, 0.1) is 0 Å². The number of benzene rings is 6. The van der Waals surface area contributed by atoms with E-state index in [1.807, 2.05) is 78.1 Å². The van der Waals surface area contributed by atoms with Crippen molar-refractivity contribution in [3.63, 3.8) is 0 Å². The molecule has 4 nitrogen and oxygen atoms in total. The van der Waals surface area contributed by atoms with Gasteiger partial charge in [0.2, 0.25) is 0 Å². The lowest BCUT2D eigenvalue weighted by atomic mass is 9.98. The van der Waals surface area contributed by atoms with E-state index in [0.717, 1.165) is 44.5 Å². The molecule has 9 rings (SSSR count). The van der Waals surface area contributed by atoms with E-state index in [0.29, 0.717) is 18.1 Å². The van der Waals surface area contributed by atoms with Gasteiger partial charge in [-0.2, -0.15) is 0 Å². The van der Waals surface area contributed by atoms with Crippen LogP contribution >= 0.6 is 11.3 Å². The quantitative estimate of drug-likeness (QED) is 0.199. The third kappa shape index (κ3) is 4.48. The van der Waals surface area contributed by atoms with Crippen LogP contribution in [0.2, 0.25) is 0 Å². The number of thiophene rings is 1. The maximum atomic E-state index is 6.39. The van der Waals surface area contributed by atoms with Crippen LogP contribution in [0.3, 0.4) is 0 Å². The van der Waals surface area contributed by atoms with Crippen LogP contribution < -0.4 is 0 Å². The van der Waals surface area contributed by atoms with E-state index in [4.69, 9.17) is 19.4 Å². The fraction of sp³-hybridized carbons (Fsp3) is 0.0250. The standard InChI is InChI=1S/C40H25N3OS/c1-3-11-25(12-4-1)39-41-36(42-40(43-39)26-13-5-2-6-14-26)24-28-15-9-19-34-37(28)32-23-27(21-22-33(32)44-34)29-17-10-18-31-30-16-7-8-20-35(30)45-38(29)31/h1-23H,24H2. The Hall–Kier alpha value is -5.65. The molecule has 3 aromatic heterocycles. The zero-order valence-corrected chi connectivity index (χ0v) is 25.0. The van der Waals surface area contributed by atoms with E-state index in [9.17, 15) is 0 Å². The first-order valence-corrected chi connectivity index (χ1v) is 15.8. The van der Waals surface area contributed by atoms with Crippen molar-refractivity contribution in [1.29, 1.82) is 0 Å². The minimum Gasteiger partial charge on any atom is -0.456 e. The van der Waals surface area contributed by atoms with Crippen LogP contribution in [0.5, 0.6) is 0 Å². The van der Waals surface area contributed by atoms with Crippen LogP contribution in [-0.2, 0) is 6.42 Å². The first-order valence-electron chi connectivity index (χ1n) is 15.0. The van der Waals surface area contributed by atoms with Gasteiger partial charge in [0.25, 0.3) is 0 Å². The fourth-order valence-electron chi connectivity index (χ4n) is 6.29. The Morgan fingerprint density at radius 3 is 1.98 bits per heavy atom. The highest BCUT2D eigenvalue weighted by Gasteiger charge is 2.17. The number of furan rings is 1. The average Bonchev–Trinajstić information content (AvgIpc) is 3.68. The van der Waals surface area contributed by atoms with Crippen LogP contribution in [-0.4, -0.2) is 15.0 Å². The summed E-state index contributed by atoms with van der Waals surface area (Å²) >= 11 is 1.85. The van der Waals surface area contributed by atoms with Gasteiger partial charge < -0.3 is 4.42 Å². The SMILES string of the molecule is c1ccc(-c2nc(Cc3cccc4oc5ccc(-c6cccc7c6sc6ccccc67)cc5c34)nc(-c3ccccc3)n2)cc1. The van der Waals surface area contributed by atoms with Crippen molar-refractivity contribution in [2.45, 2.75) is 6.42 Å². The number of fused-ring (bicyclic) bond motifs is 6. The molecule has 3 heterocycles. The van der Waals surface area contributed by atoms with Crippen molar-refractivity contribution in [1.82, 2.24) is 15.0 Å². The molecule has 0 radical (unpaired) electrons. The topological polar surface area (TPSA) is 51.8 Å². The first kappa shape index (κ1) is 25.8. The molecule has 0 aliphatic heterocycles. The summed E-state index contributed by atoms with van der Waals surface area (Å²) in [7, 11) is 0. The Morgan fingerprint density at radius 1 is 0.511 bits per heavy atom. The van der Waals surface area contributed by atoms with Crippen LogP contribution in [0.25, 0.3) is 76.0 Å². The molecule has 0 amide bonds. The van der Waals surface area contributed by atoms with Crippen molar-refractivity contribution in [2.75, 3.05) is 0 Å². The lowest BCUT2D eigenvalue weighted by Gasteiger charge is -2.09. The minimum atomic E-state index is 0.546. The van der Waals surface area contributed by atoms with Gasteiger partial charge in [-0.15, -0.1) is 11.3 Å². The maximum Gasteiger partial charge on any atom is 0.163 e. The Kier molecular flexibility index (Phi) is 6.03. The van der Waals surface area contributed by atoms with Gasteiger partial charge in [-0.1, -0.05) is 115 Å². The molecule has 0 N–H and O–H groups in total. The third-order valence-corrected chi connectivity index (χ3v) is 9.61. The van der Waals surface area contributed by atoms with Crippen molar-refractivity contribution in [2.24, 2.45) is 0 Å². The summed E-state index contributed by atoms with van der Waals surface area (Å²) < 4.78 is 9.00. The molecule has 0 spiro atoms. The average molecular weight is 596 g/mol. The Bertz CT molecular complexity index is 2460. The third-order valence-electron chi connectivity index (χ3n) is 8.39. The largest absolute Gasteiger partial charge is 0.456 e. The van der Waals surface area contributed by atoms with Crippen LogP contribution in [0, 0.1) is 0 Å². The number of aromatic nitrogens is 3. The van der Waals surface area contributed by atoms with E-state index in [1.54, 1.807) is 0 Å². The Morgan fingerprint density at radius 2 is 1.20 bits per heavy atom. The van der Waals surface area contributed by atoms with E-state index in [2.05, 4.69) is 72.8 Å². The maximum absolute atomic E-state index is 6.39. The molecule has 0 unspecified atom stereocenters. The lowest BCUT2D eigenvalue weighted by molar-refractivity contribution is 0.668. The summed E-state index contributed by atoms with van der Waals surface area (Å²) in [6, 6.07) is 48.3. The second kappa shape index (κ2) is 10.5. The molecule has 0 saturated heterocycles. The number of rotatable bonds is 5. The van der Waals surface area contributed by atoms with Gasteiger partial charge in [-0.25, -0.2) is 15.0 Å². The fourth-order valence-corrected chi connectivity index (χ4v) is 7.53. The molecule has 0 fully saturated rings. The lowest BCUT2D eigenvalue weighted by Crippen LogP contribution is -2.04. The zero-order valence-electron chi connectivity index (χ0n) is 24.1. The van der Waals surface area contributed by atoms with Gasteiger partial charge in [0.15, 0.2) is 11.6 Å². The predicted molar refractivity (Wildman–Crippen MR) is 186 cm³/mol. The summed E-state index contributed by atoms with van der Waals surface area (Å²) in [6.07, 6.45) is 0.546. The first-order chi connectivity index (χ1) is 22.3. The zero-order chi connectivity index (χ0) is 29.7. The van der Waals surface area contributed by atoms with E-state index >= 15 is 0 Å². The van der Waals surface area contributed by atoms with Crippen molar-refractivity contribution >= 4 is 53.4 Å². The van der Waals surface area contributed by atoms with Gasteiger partial charge in [0.1, 0.15) is 17.0 Å². The van der Waals surface area contributed by atoms with E-state index in [-0.39, 0.29) is 0 Å². The highest BCUT2D eigenvalue weighted by molar-refractivity contribution is 7.26. The molecule has 0 bridgehead atoms. The second-order valence-corrected chi connectivity index (χ2v) is 12.2. The Balaban J connectivity index is 1.20. The molecule has 0 atom stereocenters. The van der Waals surface area contributed by atoms with Crippen LogP contribution in [0.15, 0.2) is 144 Å². The van der Waals surface area contributed by atoms with E-state index < -0.39 is 0 Å². The summed E-state index contributed by atoms with van der Waals surface area (Å²) in [5, 5.41) is 4.79. The number of nitrogens with zero attached hydrogens (tertiary/aromatic N) is 3. The molecule has 6 aromatic carbocycles. The molecule has 0 saturated carbocycles. The van der Waals surface area contributed by atoms with Gasteiger partial charge >= 0.3 is 0 Å². The highest BCUT2D eigenvalue weighted by atomic mass is 32.1. The molecule has 0 aliphatic rings. The highest BCUT2D eigenvalue weighted by Crippen LogP contribution is 2.41. The van der Waals surface area contributed by atoms with Gasteiger partial charge in [0, 0.05) is 48.5 Å². The van der Waals surface area contributed by atoms with Crippen molar-refractivity contribution in [3.8, 4) is 33.9 Å². The van der Waals surface area contributed by atoms with Gasteiger partial charge in [-0.3, -0.25) is 0 Å². The normalized spacial score (nSPS) is 11.6. The minimum absolute atomic E-state index is 0.546. The molecule has 0 aliphatic carbocycles. The number of hydrogen-bond donors (Lipinski definition) is 0. The molecule has 9 aromatic rings. The van der Waals surface area contributed by atoms with Crippen molar-refractivity contribution < 1.29 is 4.42 Å². The molecular formula is C40H25N3OS. The van der Waals surface area contributed by atoms with Gasteiger partial charge in [-0.05, 0) is 41.0 Å².